The van der Waals surface area contributed by atoms with Crippen LogP contribution in [-0.2, 0) is 16.0 Å². The molecule has 0 aliphatic rings. The molecular formula is C18H18F2N2O2. The molecule has 2 rings (SSSR count). The molecule has 0 saturated carbocycles. The number of anilines is 1. The zero-order valence-corrected chi connectivity index (χ0v) is 13.4. The standard InChI is InChI=1S/C18H18F2N2O2/c1-11(14-5-8-16(19)17(20)10-14)21-18(24)9-13-3-6-15(7-4-13)22-12(2)23/h3-8,10-11H,9H2,1-2H3,(H,21,24)(H,22,23). The average molecular weight is 332 g/mol. The van der Waals surface area contributed by atoms with Crippen molar-refractivity contribution in [3.8, 4) is 0 Å². The topological polar surface area (TPSA) is 58.2 Å². The van der Waals surface area contributed by atoms with Crippen molar-refractivity contribution < 1.29 is 18.4 Å². The molecule has 0 aliphatic carbocycles. The van der Waals surface area contributed by atoms with E-state index in [2.05, 4.69) is 10.6 Å². The van der Waals surface area contributed by atoms with Crippen LogP contribution in [-0.4, -0.2) is 11.8 Å². The van der Waals surface area contributed by atoms with Gasteiger partial charge in [0.15, 0.2) is 11.6 Å². The van der Waals surface area contributed by atoms with Crippen molar-refractivity contribution in [2.45, 2.75) is 26.3 Å². The first kappa shape index (κ1) is 17.6. The zero-order valence-electron chi connectivity index (χ0n) is 13.4. The molecule has 2 N–H and O–H groups in total. The van der Waals surface area contributed by atoms with E-state index in [1.807, 2.05) is 0 Å². The van der Waals surface area contributed by atoms with Crippen molar-refractivity contribution in [2.75, 3.05) is 5.32 Å². The van der Waals surface area contributed by atoms with Crippen LogP contribution < -0.4 is 10.6 Å². The lowest BCUT2D eigenvalue weighted by atomic mass is 10.1. The highest BCUT2D eigenvalue weighted by Gasteiger charge is 2.12. The maximum absolute atomic E-state index is 13.2. The number of amides is 2. The van der Waals surface area contributed by atoms with Crippen LogP contribution in [0.3, 0.4) is 0 Å². The molecule has 0 spiro atoms. The van der Waals surface area contributed by atoms with E-state index >= 15 is 0 Å². The van der Waals surface area contributed by atoms with Crippen molar-refractivity contribution in [3.05, 3.63) is 65.2 Å². The van der Waals surface area contributed by atoms with Gasteiger partial charge in [0, 0.05) is 12.6 Å². The lowest BCUT2D eigenvalue weighted by molar-refractivity contribution is -0.121. The molecule has 126 valence electrons. The Kier molecular flexibility index (Phi) is 5.63. The Labute approximate surface area is 138 Å². The molecule has 0 bridgehead atoms. The van der Waals surface area contributed by atoms with Crippen LogP contribution in [0.4, 0.5) is 14.5 Å². The zero-order chi connectivity index (χ0) is 17.7. The molecule has 0 heterocycles. The Balaban J connectivity index is 1.94. The second kappa shape index (κ2) is 7.68. The lowest BCUT2D eigenvalue weighted by Crippen LogP contribution is -2.28. The summed E-state index contributed by atoms with van der Waals surface area (Å²) in [6, 6.07) is 10.0. The number of benzene rings is 2. The first-order valence-corrected chi connectivity index (χ1v) is 7.46. The Morgan fingerprint density at radius 3 is 2.29 bits per heavy atom. The Morgan fingerprint density at radius 1 is 1.04 bits per heavy atom. The van der Waals surface area contributed by atoms with Gasteiger partial charge in [0.1, 0.15) is 0 Å². The molecule has 0 saturated heterocycles. The van der Waals surface area contributed by atoms with Gasteiger partial charge in [-0.3, -0.25) is 9.59 Å². The molecule has 2 aromatic carbocycles. The maximum Gasteiger partial charge on any atom is 0.224 e. The van der Waals surface area contributed by atoms with Crippen LogP contribution in [0, 0.1) is 11.6 Å². The van der Waals surface area contributed by atoms with Crippen LogP contribution in [0.1, 0.15) is 31.0 Å². The average Bonchev–Trinajstić information content (AvgIpc) is 2.51. The SMILES string of the molecule is CC(=O)Nc1ccc(CC(=O)NC(C)c2ccc(F)c(F)c2)cc1. The molecular weight excluding hydrogens is 314 g/mol. The summed E-state index contributed by atoms with van der Waals surface area (Å²) in [4.78, 5) is 23.0. The third-order valence-electron chi connectivity index (χ3n) is 3.46. The molecule has 1 atom stereocenters. The van der Waals surface area contributed by atoms with Crippen molar-refractivity contribution in [2.24, 2.45) is 0 Å². The van der Waals surface area contributed by atoms with Gasteiger partial charge in [-0.2, -0.15) is 0 Å². The quantitative estimate of drug-likeness (QED) is 0.882. The number of rotatable bonds is 5. The molecule has 6 heteroatoms. The van der Waals surface area contributed by atoms with Gasteiger partial charge in [0.25, 0.3) is 0 Å². The highest BCUT2D eigenvalue weighted by atomic mass is 19.2. The van der Waals surface area contributed by atoms with E-state index in [9.17, 15) is 18.4 Å². The van der Waals surface area contributed by atoms with Crippen molar-refractivity contribution in [3.63, 3.8) is 0 Å². The number of halogens is 2. The summed E-state index contributed by atoms with van der Waals surface area (Å²) < 4.78 is 26.2. The highest BCUT2D eigenvalue weighted by Crippen LogP contribution is 2.16. The fraction of sp³-hybridized carbons (Fsp3) is 0.222. The summed E-state index contributed by atoms with van der Waals surface area (Å²) >= 11 is 0. The van der Waals surface area contributed by atoms with E-state index in [-0.39, 0.29) is 18.2 Å². The van der Waals surface area contributed by atoms with Gasteiger partial charge in [-0.1, -0.05) is 18.2 Å². The number of carbonyl (C=O) groups excluding carboxylic acids is 2. The van der Waals surface area contributed by atoms with Gasteiger partial charge in [0.2, 0.25) is 11.8 Å². The third kappa shape index (κ3) is 4.87. The predicted octanol–water partition coefficient (Wildman–Crippen LogP) is 3.34. The first-order valence-electron chi connectivity index (χ1n) is 7.46. The third-order valence-corrected chi connectivity index (χ3v) is 3.46. The molecule has 0 aliphatic heterocycles. The summed E-state index contributed by atoms with van der Waals surface area (Å²) in [5, 5.41) is 5.38. The fourth-order valence-electron chi connectivity index (χ4n) is 2.25. The van der Waals surface area contributed by atoms with Crippen LogP contribution in [0.25, 0.3) is 0 Å². The van der Waals surface area contributed by atoms with Gasteiger partial charge in [-0.15, -0.1) is 0 Å². The normalized spacial score (nSPS) is 11.7. The first-order chi connectivity index (χ1) is 11.3. The summed E-state index contributed by atoms with van der Waals surface area (Å²) in [5.74, 6) is -2.26. The summed E-state index contributed by atoms with van der Waals surface area (Å²) in [6.07, 6.45) is 0.147. The van der Waals surface area contributed by atoms with Crippen LogP contribution in [0.15, 0.2) is 42.5 Å². The van der Waals surface area contributed by atoms with Gasteiger partial charge < -0.3 is 10.6 Å². The second-order valence-electron chi connectivity index (χ2n) is 5.52. The molecule has 2 aromatic rings. The maximum atomic E-state index is 13.2. The summed E-state index contributed by atoms with van der Waals surface area (Å²) in [7, 11) is 0. The molecule has 2 amide bonds. The van der Waals surface area contributed by atoms with Crippen molar-refractivity contribution in [1.82, 2.24) is 5.32 Å². The van der Waals surface area contributed by atoms with E-state index in [1.165, 1.54) is 13.0 Å². The van der Waals surface area contributed by atoms with Crippen LogP contribution in [0.2, 0.25) is 0 Å². The van der Waals surface area contributed by atoms with E-state index in [1.54, 1.807) is 31.2 Å². The molecule has 4 nitrogen and oxygen atoms in total. The highest BCUT2D eigenvalue weighted by molar-refractivity contribution is 5.88. The smallest absolute Gasteiger partial charge is 0.224 e. The Hall–Kier alpha value is -2.76. The summed E-state index contributed by atoms with van der Waals surface area (Å²) in [6.45, 7) is 3.12. The second-order valence-corrected chi connectivity index (χ2v) is 5.52. The van der Waals surface area contributed by atoms with Crippen LogP contribution >= 0.6 is 0 Å². The number of hydrogen-bond acceptors (Lipinski definition) is 2. The number of carbonyl (C=O) groups is 2. The van der Waals surface area contributed by atoms with E-state index in [0.717, 1.165) is 17.7 Å². The Morgan fingerprint density at radius 2 is 1.71 bits per heavy atom. The molecule has 0 radical (unpaired) electrons. The van der Waals surface area contributed by atoms with E-state index in [0.29, 0.717) is 11.3 Å². The molecule has 0 fully saturated rings. The minimum Gasteiger partial charge on any atom is -0.349 e. The van der Waals surface area contributed by atoms with Crippen molar-refractivity contribution >= 4 is 17.5 Å². The van der Waals surface area contributed by atoms with E-state index < -0.39 is 17.7 Å². The van der Waals surface area contributed by atoms with Crippen molar-refractivity contribution in [1.29, 1.82) is 0 Å². The molecule has 0 aromatic heterocycles. The fourth-order valence-corrected chi connectivity index (χ4v) is 2.25. The minimum atomic E-state index is -0.942. The predicted molar refractivity (Wildman–Crippen MR) is 87.4 cm³/mol. The van der Waals surface area contributed by atoms with Gasteiger partial charge in [-0.05, 0) is 42.3 Å². The monoisotopic (exact) mass is 332 g/mol. The molecule has 1 unspecified atom stereocenters. The number of nitrogens with one attached hydrogen (secondary N) is 2. The number of hydrogen-bond donors (Lipinski definition) is 2. The molecule has 24 heavy (non-hydrogen) atoms. The minimum absolute atomic E-state index is 0.147. The van der Waals surface area contributed by atoms with Gasteiger partial charge in [0.05, 0.1) is 12.5 Å². The van der Waals surface area contributed by atoms with Gasteiger partial charge in [-0.25, -0.2) is 8.78 Å². The summed E-state index contributed by atoms with van der Waals surface area (Å²) in [5.41, 5.74) is 1.92. The van der Waals surface area contributed by atoms with Crippen LogP contribution in [0.5, 0.6) is 0 Å². The van der Waals surface area contributed by atoms with Gasteiger partial charge >= 0.3 is 0 Å². The largest absolute Gasteiger partial charge is 0.349 e. The lowest BCUT2D eigenvalue weighted by Gasteiger charge is -2.15. The van der Waals surface area contributed by atoms with E-state index in [4.69, 9.17) is 0 Å². The Bertz CT molecular complexity index is 745.